The van der Waals surface area contributed by atoms with Crippen LogP contribution >= 0.6 is 0 Å². The van der Waals surface area contributed by atoms with Gasteiger partial charge in [0.1, 0.15) is 0 Å². The van der Waals surface area contributed by atoms with E-state index < -0.39 is 5.97 Å². The van der Waals surface area contributed by atoms with E-state index >= 15 is 0 Å². The van der Waals surface area contributed by atoms with Crippen molar-refractivity contribution in [1.82, 2.24) is 0 Å². The lowest BCUT2D eigenvalue weighted by atomic mass is 9.86. The summed E-state index contributed by atoms with van der Waals surface area (Å²) in [6, 6.07) is 0. The Morgan fingerprint density at radius 2 is 1.67 bits per heavy atom. The molecule has 0 aliphatic rings. The molecule has 0 heterocycles. The quantitative estimate of drug-likeness (QED) is 0.692. The second-order valence-corrected chi connectivity index (χ2v) is 4.18. The van der Waals surface area contributed by atoms with Gasteiger partial charge in [-0.1, -0.05) is 27.7 Å². The fraction of sp³-hybridized carbons (Fsp3) is 0.900. The molecule has 0 amide bonds. The van der Waals surface area contributed by atoms with E-state index in [0.717, 1.165) is 6.42 Å². The summed E-state index contributed by atoms with van der Waals surface area (Å²) < 4.78 is 0. The molecule has 72 valence electrons. The first kappa shape index (κ1) is 11.5. The van der Waals surface area contributed by atoms with Crippen LogP contribution in [0, 0.1) is 17.8 Å². The van der Waals surface area contributed by atoms with E-state index in [1.165, 1.54) is 0 Å². The summed E-state index contributed by atoms with van der Waals surface area (Å²) in [7, 11) is 0. The molecular formula is C10H20O2. The summed E-state index contributed by atoms with van der Waals surface area (Å²) in [5, 5.41) is 8.57. The number of hydrogen-bond acceptors (Lipinski definition) is 1. The van der Waals surface area contributed by atoms with Crippen molar-refractivity contribution in [2.45, 2.75) is 40.5 Å². The zero-order chi connectivity index (χ0) is 9.72. The third-order valence-electron chi connectivity index (χ3n) is 2.31. The maximum atomic E-state index is 10.4. The van der Waals surface area contributed by atoms with E-state index in [1.807, 2.05) is 6.92 Å². The predicted molar refractivity (Wildman–Crippen MR) is 50.0 cm³/mol. The van der Waals surface area contributed by atoms with Crippen LogP contribution in [0.5, 0.6) is 0 Å². The molecule has 12 heavy (non-hydrogen) atoms. The summed E-state index contributed by atoms with van der Waals surface area (Å²) in [5.41, 5.74) is 0. The summed E-state index contributed by atoms with van der Waals surface area (Å²) in [5.74, 6) is 0.792. The molecule has 2 unspecified atom stereocenters. The van der Waals surface area contributed by atoms with E-state index in [0.29, 0.717) is 24.2 Å². The fourth-order valence-electron chi connectivity index (χ4n) is 1.45. The van der Waals surface area contributed by atoms with E-state index in [9.17, 15) is 4.79 Å². The standard InChI is InChI=1S/C10H20O2/c1-7(2)5-8(3)9(4)6-10(11)12/h7-9H,5-6H2,1-4H3,(H,11,12). The van der Waals surface area contributed by atoms with Crippen LogP contribution < -0.4 is 0 Å². The first-order valence-corrected chi connectivity index (χ1v) is 4.65. The van der Waals surface area contributed by atoms with Gasteiger partial charge in [-0.25, -0.2) is 0 Å². The minimum absolute atomic E-state index is 0.296. The van der Waals surface area contributed by atoms with Gasteiger partial charge in [-0.3, -0.25) is 4.79 Å². The average molecular weight is 172 g/mol. The minimum atomic E-state index is -0.682. The van der Waals surface area contributed by atoms with Gasteiger partial charge in [0.15, 0.2) is 0 Å². The highest BCUT2D eigenvalue weighted by molar-refractivity contribution is 5.66. The predicted octanol–water partition coefficient (Wildman–Crippen LogP) is 2.78. The van der Waals surface area contributed by atoms with Gasteiger partial charge >= 0.3 is 5.97 Å². The smallest absolute Gasteiger partial charge is 0.303 e. The van der Waals surface area contributed by atoms with Crippen LogP contribution in [0.1, 0.15) is 40.5 Å². The van der Waals surface area contributed by atoms with Crippen molar-refractivity contribution >= 4 is 5.97 Å². The molecule has 0 spiro atoms. The molecule has 0 saturated carbocycles. The first-order valence-electron chi connectivity index (χ1n) is 4.65. The molecule has 0 rings (SSSR count). The lowest BCUT2D eigenvalue weighted by molar-refractivity contribution is -0.138. The van der Waals surface area contributed by atoms with Crippen molar-refractivity contribution in [1.29, 1.82) is 0 Å². The van der Waals surface area contributed by atoms with E-state index in [4.69, 9.17) is 5.11 Å². The molecule has 0 aliphatic heterocycles. The molecule has 0 fully saturated rings. The van der Waals surface area contributed by atoms with E-state index in [-0.39, 0.29) is 0 Å². The number of carboxylic acids is 1. The average Bonchev–Trinajstić information content (AvgIpc) is 1.84. The fourth-order valence-corrected chi connectivity index (χ4v) is 1.45. The van der Waals surface area contributed by atoms with E-state index in [2.05, 4.69) is 20.8 Å². The summed E-state index contributed by atoms with van der Waals surface area (Å²) in [6.07, 6.45) is 1.42. The zero-order valence-electron chi connectivity index (χ0n) is 8.50. The number of carboxylic acid groups (broad SMARTS) is 1. The number of aliphatic carboxylic acids is 1. The van der Waals surface area contributed by atoms with Crippen LogP contribution in [0.3, 0.4) is 0 Å². The second kappa shape index (κ2) is 5.18. The van der Waals surface area contributed by atoms with Gasteiger partial charge < -0.3 is 5.11 Å². The molecule has 0 aromatic rings. The molecule has 2 atom stereocenters. The highest BCUT2D eigenvalue weighted by Crippen LogP contribution is 2.22. The normalized spacial score (nSPS) is 16.1. The molecule has 0 bridgehead atoms. The first-order chi connectivity index (χ1) is 5.43. The Morgan fingerprint density at radius 1 is 1.17 bits per heavy atom. The molecular weight excluding hydrogens is 152 g/mol. The number of hydrogen-bond donors (Lipinski definition) is 1. The highest BCUT2D eigenvalue weighted by Gasteiger charge is 2.16. The van der Waals surface area contributed by atoms with E-state index in [1.54, 1.807) is 0 Å². The lowest BCUT2D eigenvalue weighted by Crippen LogP contribution is -2.14. The van der Waals surface area contributed by atoms with Crippen molar-refractivity contribution in [2.75, 3.05) is 0 Å². The van der Waals surface area contributed by atoms with Crippen LogP contribution in [0.15, 0.2) is 0 Å². The van der Waals surface area contributed by atoms with Gasteiger partial charge in [-0.2, -0.15) is 0 Å². The van der Waals surface area contributed by atoms with Gasteiger partial charge in [0.05, 0.1) is 0 Å². The number of carbonyl (C=O) groups is 1. The zero-order valence-corrected chi connectivity index (χ0v) is 8.50. The lowest BCUT2D eigenvalue weighted by Gasteiger charge is -2.19. The third kappa shape index (κ3) is 5.16. The van der Waals surface area contributed by atoms with Crippen molar-refractivity contribution < 1.29 is 9.90 Å². The Morgan fingerprint density at radius 3 is 2.00 bits per heavy atom. The maximum absolute atomic E-state index is 10.4. The second-order valence-electron chi connectivity index (χ2n) is 4.18. The largest absolute Gasteiger partial charge is 0.481 e. The van der Waals surface area contributed by atoms with Crippen molar-refractivity contribution in [3.05, 3.63) is 0 Å². The van der Waals surface area contributed by atoms with Crippen LogP contribution in [-0.2, 0) is 4.79 Å². The summed E-state index contributed by atoms with van der Waals surface area (Å²) in [4.78, 5) is 10.4. The molecule has 2 heteroatoms. The molecule has 0 radical (unpaired) electrons. The van der Waals surface area contributed by atoms with Gasteiger partial charge in [-0.15, -0.1) is 0 Å². The molecule has 0 aliphatic carbocycles. The molecule has 0 aromatic heterocycles. The third-order valence-corrected chi connectivity index (χ3v) is 2.31. The monoisotopic (exact) mass is 172 g/mol. The van der Waals surface area contributed by atoms with Gasteiger partial charge in [0.2, 0.25) is 0 Å². The van der Waals surface area contributed by atoms with Crippen LogP contribution in [0.25, 0.3) is 0 Å². The Hall–Kier alpha value is -0.530. The summed E-state index contributed by atoms with van der Waals surface area (Å²) >= 11 is 0. The van der Waals surface area contributed by atoms with Gasteiger partial charge in [0.25, 0.3) is 0 Å². The van der Waals surface area contributed by atoms with Crippen LogP contribution in [0.2, 0.25) is 0 Å². The Bertz CT molecular complexity index is 141. The SMILES string of the molecule is CC(C)CC(C)C(C)CC(=O)O. The van der Waals surface area contributed by atoms with Crippen molar-refractivity contribution in [2.24, 2.45) is 17.8 Å². The molecule has 0 saturated heterocycles. The van der Waals surface area contributed by atoms with Gasteiger partial charge in [0, 0.05) is 6.42 Å². The Balaban J connectivity index is 3.76. The Labute approximate surface area is 75.0 Å². The van der Waals surface area contributed by atoms with Crippen molar-refractivity contribution in [3.63, 3.8) is 0 Å². The number of rotatable bonds is 5. The Kier molecular flexibility index (Phi) is 4.95. The molecule has 1 N–H and O–H groups in total. The van der Waals surface area contributed by atoms with Crippen LogP contribution in [0.4, 0.5) is 0 Å². The van der Waals surface area contributed by atoms with Crippen molar-refractivity contribution in [3.8, 4) is 0 Å². The topological polar surface area (TPSA) is 37.3 Å². The molecule has 2 nitrogen and oxygen atoms in total. The molecule has 0 aromatic carbocycles. The van der Waals surface area contributed by atoms with Crippen LogP contribution in [-0.4, -0.2) is 11.1 Å². The summed E-state index contributed by atoms with van der Waals surface area (Å²) in [6.45, 7) is 8.49. The highest BCUT2D eigenvalue weighted by atomic mass is 16.4. The van der Waals surface area contributed by atoms with Gasteiger partial charge in [-0.05, 0) is 24.2 Å². The minimum Gasteiger partial charge on any atom is -0.481 e. The maximum Gasteiger partial charge on any atom is 0.303 e.